The van der Waals surface area contributed by atoms with Gasteiger partial charge in [0.25, 0.3) is 0 Å². The number of carbonyl (C=O) groups excluding carboxylic acids is 2. The van der Waals surface area contributed by atoms with E-state index >= 15 is 0 Å². The second-order valence-electron chi connectivity index (χ2n) is 8.22. The summed E-state index contributed by atoms with van der Waals surface area (Å²) in [6.45, 7) is 6.48. The van der Waals surface area contributed by atoms with Gasteiger partial charge >= 0.3 is 0 Å². The van der Waals surface area contributed by atoms with Crippen molar-refractivity contribution in [1.82, 2.24) is 4.90 Å². The quantitative estimate of drug-likeness (QED) is 0.751. The summed E-state index contributed by atoms with van der Waals surface area (Å²) in [6.07, 6.45) is 0.822. The monoisotopic (exact) mass is 395 g/mol. The summed E-state index contributed by atoms with van der Waals surface area (Å²) in [4.78, 5) is 32.2. The van der Waals surface area contributed by atoms with E-state index in [-0.39, 0.29) is 17.6 Å². The maximum atomic E-state index is 13.3. The number of amides is 2. The molecule has 2 aromatic carbocycles. The van der Waals surface area contributed by atoms with E-state index in [2.05, 4.69) is 4.90 Å². The molecule has 2 aliphatic heterocycles. The molecule has 0 spiro atoms. The lowest BCUT2D eigenvalue weighted by atomic mass is 9.89. The first-order chi connectivity index (χ1) is 13.9. The molecular formula is C23H26FN3O2. The molecule has 2 heterocycles. The maximum absolute atomic E-state index is 13.3. The number of benzene rings is 2. The SMILES string of the molecule is CC(C)(C(=O)N1CCN(c2ccc(F)cc2)CC1)C(=O)N1CCc2ccccc21. The number of piperazine rings is 1. The number of nitrogens with zero attached hydrogens (tertiary/aromatic N) is 3. The third kappa shape index (κ3) is 3.59. The smallest absolute Gasteiger partial charge is 0.242 e. The van der Waals surface area contributed by atoms with E-state index in [1.54, 1.807) is 35.8 Å². The van der Waals surface area contributed by atoms with Crippen LogP contribution in [0.2, 0.25) is 0 Å². The van der Waals surface area contributed by atoms with Crippen LogP contribution >= 0.6 is 0 Å². The summed E-state index contributed by atoms with van der Waals surface area (Å²) >= 11 is 0. The normalized spacial score (nSPS) is 16.7. The highest BCUT2D eigenvalue weighted by atomic mass is 19.1. The second kappa shape index (κ2) is 7.50. The molecule has 4 rings (SSSR count). The van der Waals surface area contributed by atoms with Crippen molar-refractivity contribution >= 4 is 23.2 Å². The van der Waals surface area contributed by atoms with Gasteiger partial charge in [-0.3, -0.25) is 9.59 Å². The predicted molar refractivity (Wildman–Crippen MR) is 111 cm³/mol. The van der Waals surface area contributed by atoms with Crippen LogP contribution in [0.3, 0.4) is 0 Å². The van der Waals surface area contributed by atoms with Gasteiger partial charge in [0.05, 0.1) is 0 Å². The Balaban J connectivity index is 1.42. The number of para-hydroxylation sites is 1. The molecule has 0 unspecified atom stereocenters. The van der Waals surface area contributed by atoms with Crippen LogP contribution in [0.15, 0.2) is 48.5 Å². The van der Waals surface area contributed by atoms with Crippen molar-refractivity contribution in [3.63, 3.8) is 0 Å². The first-order valence-electron chi connectivity index (χ1n) is 10.1. The van der Waals surface area contributed by atoms with Crippen LogP contribution in [0, 0.1) is 11.2 Å². The lowest BCUT2D eigenvalue weighted by Gasteiger charge is -2.39. The third-order valence-electron chi connectivity index (χ3n) is 5.96. The molecule has 2 amide bonds. The van der Waals surface area contributed by atoms with Gasteiger partial charge in [-0.25, -0.2) is 4.39 Å². The molecule has 0 radical (unpaired) electrons. The van der Waals surface area contributed by atoms with Crippen LogP contribution in [0.5, 0.6) is 0 Å². The van der Waals surface area contributed by atoms with Crippen LogP contribution in [-0.4, -0.2) is 49.4 Å². The molecule has 2 aliphatic rings. The Morgan fingerprint density at radius 1 is 0.862 bits per heavy atom. The van der Waals surface area contributed by atoms with Gasteiger partial charge in [0.1, 0.15) is 11.2 Å². The van der Waals surface area contributed by atoms with Crippen LogP contribution in [0.25, 0.3) is 0 Å². The molecule has 0 bridgehead atoms. The van der Waals surface area contributed by atoms with Crippen LogP contribution < -0.4 is 9.80 Å². The van der Waals surface area contributed by atoms with E-state index in [1.165, 1.54) is 12.1 Å². The molecule has 0 saturated carbocycles. The van der Waals surface area contributed by atoms with Crippen LogP contribution in [0.4, 0.5) is 15.8 Å². The Hall–Kier alpha value is -2.89. The zero-order valence-corrected chi connectivity index (χ0v) is 16.9. The number of rotatable bonds is 3. The van der Waals surface area contributed by atoms with Crippen LogP contribution in [0.1, 0.15) is 19.4 Å². The summed E-state index contributed by atoms with van der Waals surface area (Å²) in [6, 6.07) is 14.3. The largest absolute Gasteiger partial charge is 0.368 e. The second-order valence-corrected chi connectivity index (χ2v) is 8.22. The minimum atomic E-state index is -1.12. The Labute approximate surface area is 170 Å². The van der Waals surface area contributed by atoms with Crippen molar-refractivity contribution in [3.05, 3.63) is 59.9 Å². The van der Waals surface area contributed by atoms with Gasteiger partial charge in [-0.2, -0.15) is 0 Å². The molecule has 152 valence electrons. The fraction of sp³-hybridized carbons (Fsp3) is 0.391. The molecule has 5 nitrogen and oxygen atoms in total. The van der Waals surface area contributed by atoms with Gasteiger partial charge in [-0.15, -0.1) is 0 Å². The predicted octanol–water partition coefficient (Wildman–Crippen LogP) is 3.09. The van der Waals surface area contributed by atoms with Gasteiger partial charge in [0, 0.05) is 44.1 Å². The molecular weight excluding hydrogens is 369 g/mol. The molecule has 1 saturated heterocycles. The summed E-state index contributed by atoms with van der Waals surface area (Å²) in [7, 11) is 0. The minimum absolute atomic E-state index is 0.134. The number of carbonyl (C=O) groups is 2. The highest BCUT2D eigenvalue weighted by molar-refractivity contribution is 6.11. The highest BCUT2D eigenvalue weighted by Gasteiger charge is 2.44. The molecule has 0 aliphatic carbocycles. The summed E-state index contributed by atoms with van der Waals surface area (Å²) in [5.41, 5.74) is 1.90. The van der Waals surface area contributed by atoms with Crippen molar-refractivity contribution in [2.24, 2.45) is 5.41 Å². The summed E-state index contributed by atoms with van der Waals surface area (Å²) in [5.74, 6) is -0.537. The zero-order chi connectivity index (χ0) is 20.6. The first-order valence-corrected chi connectivity index (χ1v) is 10.1. The van der Waals surface area contributed by atoms with E-state index in [0.717, 1.165) is 23.4 Å². The van der Waals surface area contributed by atoms with Gasteiger partial charge in [-0.05, 0) is 56.2 Å². The van der Waals surface area contributed by atoms with Gasteiger partial charge in [0.15, 0.2) is 0 Å². The lowest BCUT2D eigenvalue weighted by molar-refractivity contribution is -0.147. The summed E-state index contributed by atoms with van der Waals surface area (Å²) < 4.78 is 13.1. The van der Waals surface area contributed by atoms with E-state index in [0.29, 0.717) is 32.7 Å². The molecule has 29 heavy (non-hydrogen) atoms. The summed E-state index contributed by atoms with van der Waals surface area (Å²) in [5, 5.41) is 0. The Bertz CT molecular complexity index is 918. The van der Waals surface area contributed by atoms with E-state index in [9.17, 15) is 14.0 Å². The Kier molecular flexibility index (Phi) is 5.03. The molecule has 1 fully saturated rings. The Morgan fingerprint density at radius 2 is 1.52 bits per heavy atom. The molecule has 0 N–H and O–H groups in total. The van der Waals surface area contributed by atoms with Crippen molar-refractivity contribution < 1.29 is 14.0 Å². The van der Waals surface area contributed by atoms with Crippen molar-refractivity contribution in [2.45, 2.75) is 20.3 Å². The average molecular weight is 395 g/mol. The number of anilines is 2. The molecule has 0 atom stereocenters. The van der Waals surface area contributed by atoms with Crippen LogP contribution in [-0.2, 0) is 16.0 Å². The topological polar surface area (TPSA) is 43.9 Å². The zero-order valence-electron chi connectivity index (χ0n) is 16.9. The minimum Gasteiger partial charge on any atom is -0.368 e. The van der Waals surface area contributed by atoms with E-state index in [1.807, 2.05) is 24.3 Å². The Morgan fingerprint density at radius 3 is 2.21 bits per heavy atom. The fourth-order valence-corrected chi connectivity index (χ4v) is 4.19. The number of hydrogen-bond acceptors (Lipinski definition) is 3. The van der Waals surface area contributed by atoms with Crippen molar-refractivity contribution in [3.8, 4) is 0 Å². The fourth-order valence-electron chi connectivity index (χ4n) is 4.19. The lowest BCUT2D eigenvalue weighted by Crippen LogP contribution is -2.56. The third-order valence-corrected chi connectivity index (χ3v) is 5.96. The standard InChI is InChI=1S/C23H26FN3O2/c1-23(2,22(29)27-12-11-17-5-3-4-6-20(17)27)21(28)26-15-13-25(14-16-26)19-9-7-18(24)8-10-19/h3-10H,11-16H2,1-2H3. The van der Waals surface area contributed by atoms with Gasteiger partial charge < -0.3 is 14.7 Å². The van der Waals surface area contributed by atoms with Gasteiger partial charge in [-0.1, -0.05) is 18.2 Å². The van der Waals surface area contributed by atoms with Gasteiger partial charge in [0.2, 0.25) is 11.8 Å². The molecule has 2 aromatic rings. The van der Waals surface area contributed by atoms with E-state index < -0.39 is 5.41 Å². The number of fused-ring (bicyclic) bond motifs is 1. The first kappa shape index (κ1) is 19.4. The maximum Gasteiger partial charge on any atom is 0.242 e. The highest BCUT2D eigenvalue weighted by Crippen LogP contribution is 2.33. The van der Waals surface area contributed by atoms with E-state index in [4.69, 9.17) is 0 Å². The molecule has 6 heteroatoms. The number of halogens is 1. The molecule has 0 aromatic heterocycles. The number of hydrogen-bond donors (Lipinski definition) is 0. The van der Waals surface area contributed by atoms with Crippen molar-refractivity contribution in [1.29, 1.82) is 0 Å². The van der Waals surface area contributed by atoms with Crippen molar-refractivity contribution in [2.75, 3.05) is 42.5 Å². The average Bonchev–Trinajstić information content (AvgIpc) is 3.17.